The quantitative estimate of drug-likeness (QED) is 0.720. The molecular weight excluding hydrogens is 192 g/mol. The third-order valence-electron chi connectivity index (χ3n) is 2.65. The standard InChI is InChI=1S/C10H18N4O/c1-9-12-13-10(15-9)8-11-4-7-14-5-2-3-6-14/h11H,2-8H2,1H3. The Bertz CT molecular complexity index is 293. The van der Waals surface area contributed by atoms with E-state index < -0.39 is 0 Å². The number of nitrogens with one attached hydrogen (secondary N) is 1. The molecule has 1 aromatic rings. The van der Waals surface area contributed by atoms with E-state index in [2.05, 4.69) is 20.4 Å². The molecule has 2 heterocycles. The van der Waals surface area contributed by atoms with Crippen molar-refractivity contribution < 1.29 is 4.42 Å². The van der Waals surface area contributed by atoms with Crippen LogP contribution in [0.5, 0.6) is 0 Å². The zero-order valence-corrected chi connectivity index (χ0v) is 9.20. The Balaban J connectivity index is 1.58. The lowest BCUT2D eigenvalue weighted by molar-refractivity contribution is 0.331. The molecule has 0 unspecified atom stereocenters. The summed E-state index contributed by atoms with van der Waals surface area (Å²) < 4.78 is 5.26. The van der Waals surface area contributed by atoms with Crippen LogP contribution in [0.3, 0.4) is 0 Å². The van der Waals surface area contributed by atoms with E-state index in [0.29, 0.717) is 18.3 Å². The largest absolute Gasteiger partial charge is 0.424 e. The molecule has 0 radical (unpaired) electrons. The molecule has 2 rings (SSSR count). The van der Waals surface area contributed by atoms with Crippen molar-refractivity contribution in [2.75, 3.05) is 26.2 Å². The predicted molar refractivity (Wildman–Crippen MR) is 56.4 cm³/mol. The van der Waals surface area contributed by atoms with Gasteiger partial charge in [-0.15, -0.1) is 10.2 Å². The van der Waals surface area contributed by atoms with Gasteiger partial charge in [-0.25, -0.2) is 0 Å². The molecule has 1 fully saturated rings. The Hall–Kier alpha value is -0.940. The van der Waals surface area contributed by atoms with Crippen molar-refractivity contribution in [2.24, 2.45) is 0 Å². The van der Waals surface area contributed by atoms with E-state index in [1.807, 2.05) is 0 Å². The van der Waals surface area contributed by atoms with Gasteiger partial charge in [0.1, 0.15) is 0 Å². The second-order valence-electron chi connectivity index (χ2n) is 3.94. The SMILES string of the molecule is Cc1nnc(CNCCN2CCCC2)o1. The highest BCUT2D eigenvalue weighted by Gasteiger charge is 2.10. The Kier molecular flexibility index (Phi) is 3.69. The summed E-state index contributed by atoms with van der Waals surface area (Å²) in [4.78, 5) is 2.48. The minimum Gasteiger partial charge on any atom is -0.424 e. The maximum atomic E-state index is 5.26. The molecular formula is C10H18N4O. The highest BCUT2D eigenvalue weighted by Crippen LogP contribution is 2.05. The van der Waals surface area contributed by atoms with Gasteiger partial charge in [-0.1, -0.05) is 0 Å². The van der Waals surface area contributed by atoms with Gasteiger partial charge in [0.2, 0.25) is 11.8 Å². The number of aromatic nitrogens is 2. The molecule has 15 heavy (non-hydrogen) atoms. The van der Waals surface area contributed by atoms with E-state index in [1.54, 1.807) is 6.92 Å². The van der Waals surface area contributed by atoms with Crippen LogP contribution < -0.4 is 5.32 Å². The zero-order chi connectivity index (χ0) is 10.5. The van der Waals surface area contributed by atoms with E-state index in [0.717, 1.165) is 13.1 Å². The van der Waals surface area contributed by atoms with Crippen molar-refractivity contribution in [3.05, 3.63) is 11.8 Å². The lowest BCUT2D eigenvalue weighted by atomic mass is 10.4. The van der Waals surface area contributed by atoms with Crippen molar-refractivity contribution in [3.8, 4) is 0 Å². The van der Waals surface area contributed by atoms with E-state index in [9.17, 15) is 0 Å². The van der Waals surface area contributed by atoms with E-state index in [1.165, 1.54) is 25.9 Å². The van der Waals surface area contributed by atoms with Crippen molar-refractivity contribution in [1.29, 1.82) is 0 Å². The first-order valence-corrected chi connectivity index (χ1v) is 5.56. The molecule has 0 aromatic carbocycles. The number of rotatable bonds is 5. The first-order valence-electron chi connectivity index (χ1n) is 5.56. The Morgan fingerprint density at radius 2 is 2.13 bits per heavy atom. The van der Waals surface area contributed by atoms with Gasteiger partial charge in [0, 0.05) is 20.0 Å². The first-order chi connectivity index (χ1) is 7.34. The second kappa shape index (κ2) is 5.23. The smallest absolute Gasteiger partial charge is 0.230 e. The lowest BCUT2D eigenvalue weighted by Crippen LogP contribution is -2.29. The fraction of sp³-hybridized carbons (Fsp3) is 0.800. The van der Waals surface area contributed by atoms with Gasteiger partial charge in [0.25, 0.3) is 0 Å². The van der Waals surface area contributed by atoms with E-state index >= 15 is 0 Å². The van der Waals surface area contributed by atoms with Crippen molar-refractivity contribution in [3.63, 3.8) is 0 Å². The van der Waals surface area contributed by atoms with E-state index in [-0.39, 0.29) is 0 Å². The van der Waals surface area contributed by atoms with Gasteiger partial charge < -0.3 is 14.6 Å². The van der Waals surface area contributed by atoms with Gasteiger partial charge in [-0.3, -0.25) is 0 Å². The molecule has 0 aliphatic carbocycles. The summed E-state index contributed by atoms with van der Waals surface area (Å²) in [6, 6.07) is 0. The molecule has 0 atom stereocenters. The van der Waals surface area contributed by atoms with Gasteiger partial charge >= 0.3 is 0 Å². The Labute approximate surface area is 89.9 Å². The molecule has 0 bridgehead atoms. The molecule has 1 aromatic heterocycles. The molecule has 1 aliphatic rings. The van der Waals surface area contributed by atoms with Crippen LogP contribution >= 0.6 is 0 Å². The number of likely N-dealkylation sites (tertiary alicyclic amines) is 1. The zero-order valence-electron chi connectivity index (χ0n) is 9.20. The molecule has 1 N–H and O–H groups in total. The van der Waals surface area contributed by atoms with Gasteiger partial charge in [0.15, 0.2) is 0 Å². The van der Waals surface area contributed by atoms with Crippen LogP contribution in [-0.4, -0.2) is 41.3 Å². The van der Waals surface area contributed by atoms with Crippen LogP contribution in [0, 0.1) is 6.92 Å². The van der Waals surface area contributed by atoms with Crippen molar-refractivity contribution in [1.82, 2.24) is 20.4 Å². The Morgan fingerprint density at radius 3 is 2.80 bits per heavy atom. The van der Waals surface area contributed by atoms with Crippen molar-refractivity contribution >= 4 is 0 Å². The summed E-state index contributed by atoms with van der Waals surface area (Å²) in [5.41, 5.74) is 0. The number of nitrogens with zero attached hydrogens (tertiary/aromatic N) is 3. The van der Waals surface area contributed by atoms with Crippen molar-refractivity contribution in [2.45, 2.75) is 26.3 Å². The van der Waals surface area contributed by atoms with Gasteiger partial charge in [0.05, 0.1) is 6.54 Å². The average molecular weight is 210 g/mol. The van der Waals surface area contributed by atoms with Crippen LogP contribution in [0.15, 0.2) is 4.42 Å². The molecule has 5 heteroatoms. The summed E-state index contributed by atoms with van der Waals surface area (Å²) in [7, 11) is 0. The number of hydrogen-bond donors (Lipinski definition) is 1. The van der Waals surface area contributed by atoms with Gasteiger partial charge in [-0.05, 0) is 25.9 Å². The molecule has 0 amide bonds. The second-order valence-corrected chi connectivity index (χ2v) is 3.94. The van der Waals surface area contributed by atoms with Crippen LogP contribution in [0.1, 0.15) is 24.6 Å². The molecule has 1 aliphatic heterocycles. The topological polar surface area (TPSA) is 54.2 Å². The molecule has 84 valence electrons. The number of hydrogen-bond acceptors (Lipinski definition) is 5. The van der Waals surface area contributed by atoms with E-state index in [4.69, 9.17) is 4.42 Å². The lowest BCUT2D eigenvalue weighted by Gasteiger charge is -2.13. The maximum Gasteiger partial charge on any atom is 0.230 e. The molecule has 5 nitrogen and oxygen atoms in total. The third-order valence-corrected chi connectivity index (χ3v) is 2.65. The normalized spacial score (nSPS) is 17.4. The monoisotopic (exact) mass is 210 g/mol. The molecule has 0 spiro atoms. The number of aryl methyl sites for hydroxylation is 1. The van der Waals surface area contributed by atoms with Crippen LogP contribution in [0.4, 0.5) is 0 Å². The first kappa shape index (κ1) is 10.6. The summed E-state index contributed by atoms with van der Waals surface area (Å²) in [6.07, 6.45) is 2.70. The van der Waals surface area contributed by atoms with Crippen LogP contribution in [0.25, 0.3) is 0 Å². The predicted octanol–water partition coefficient (Wildman–Crippen LogP) is 0.563. The minimum atomic E-state index is 0.631. The van der Waals surface area contributed by atoms with Crippen LogP contribution in [-0.2, 0) is 6.54 Å². The van der Waals surface area contributed by atoms with Crippen LogP contribution in [0.2, 0.25) is 0 Å². The summed E-state index contributed by atoms with van der Waals surface area (Å²) in [5.74, 6) is 1.31. The van der Waals surface area contributed by atoms with Gasteiger partial charge in [-0.2, -0.15) is 0 Å². The summed E-state index contributed by atoms with van der Waals surface area (Å²) >= 11 is 0. The summed E-state index contributed by atoms with van der Waals surface area (Å²) in [6.45, 7) is 7.09. The highest BCUT2D eigenvalue weighted by atomic mass is 16.4. The maximum absolute atomic E-state index is 5.26. The minimum absolute atomic E-state index is 0.631. The molecule has 0 saturated carbocycles. The average Bonchev–Trinajstić information content (AvgIpc) is 2.84. The summed E-state index contributed by atoms with van der Waals surface area (Å²) in [5, 5.41) is 11.0. The third kappa shape index (κ3) is 3.28. The molecule has 1 saturated heterocycles. The fourth-order valence-corrected chi connectivity index (χ4v) is 1.85. The Morgan fingerprint density at radius 1 is 1.33 bits per heavy atom. The highest BCUT2D eigenvalue weighted by molar-refractivity contribution is 4.78. The fourth-order valence-electron chi connectivity index (χ4n) is 1.85.